The van der Waals surface area contributed by atoms with Crippen LogP contribution >= 0.6 is 11.6 Å². The van der Waals surface area contributed by atoms with Crippen LogP contribution in [0.2, 0.25) is 16.1 Å². The molecular weight excluding hydrogens is 560 g/mol. The van der Waals surface area contributed by atoms with E-state index in [1.165, 1.54) is 21.3 Å². The molecule has 0 heterocycles. The Morgan fingerprint density at radius 2 is 1.33 bits per heavy atom. The molecule has 0 unspecified atom stereocenters. The molecule has 216 valence electrons. The third-order valence-electron chi connectivity index (χ3n) is 11.0. The van der Waals surface area contributed by atoms with E-state index >= 15 is 4.79 Å². The monoisotopic (exact) mass is 598 g/mol. The van der Waals surface area contributed by atoms with Crippen LogP contribution in [0.1, 0.15) is 56.0 Å². The van der Waals surface area contributed by atoms with E-state index in [-0.39, 0.29) is 10.5 Å². The van der Waals surface area contributed by atoms with Crippen LogP contribution in [0.15, 0.2) is 127 Å². The maximum atomic E-state index is 15.1. The highest BCUT2D eigenvalue weighted by atomic mass is 35.5. The van der Waals surface area contributed by atoms with Gasteiger partial charge in [-0.25, -0.2) is 0 Å². The van der Waals surface area contributed by atoms with Crippen molar-refractivity contribution in [1.82, 2.24) is 0 Å². The van der Waals surface area contributed by atoms with Gasteiger partial charge in [0, 0.05) is 21.4 Å². The Balaban J connectivity index is 1.48. The largest absolute Gasteiger partial charge is 0.294 e. The molecule has 0 saturated heterocycles. The number of hydrogen-bond acceptors (Lipinski definition) is 1. The molecule has 0 aliphatic heterocycles. The predicted molar refractivity (Wildman–Crippen MR) is 184 cm³/mol. The van der Waals surface area contributed by atoms with Gasteiger partial charge in [-0.05, 0) is 70.8 Å². The van der Waals surface area contributed by atoms with Crippen LogP contribution in [0, 0.1) is 11.3 Å². The van der Waals surface area contributed by atoms with E-state index in [1.54, 1.807) is 0 Å². The Bertz CT molecular complexity index is 1760. The van der Waals surface area contributed by atoms with E-state index in [2.05, 4.69) is 142 Å². The van der Waals surface area contributed by atoms with Crippen LogP contribution in [-0.2, 0) is 5.41 Å². The SMILES string of the molecule is CC(C)(C)[Si](C[C@]1(c2cccc(Cl)c2)CC2CC1(C(=O)c1ccc3ccccc3c1)C2)(c1ccccc1)c1ccccc1. The number of ketones is 1. The summed E-state index contributed by atoms with van der Waals surface area (Å²) < 4.78 is 0. The highest BCUT2D eigenvalue weighted by Gasteiger charge is 2.72. The molecule has 3 fully saturated rings. The smallest absolute Gasteiger partial charge is 0.169 e. The lowest BCUT2D eigenvalue weighted by molar-refractivity contribution is 0.0502. The lowest BCUT2D eigenvalue weighted by Crippen LogP contribution is -2.68. The van der Waals surface area contributed by atoms with Gasteiger partial charge in [0.25, 0.3) is 0 Å². The molecule has 0 radical (unpaired) electrons. The van der Waals surface area contributed by atoms with Crippen molar-refractivity contribution < 1.29 is 4.79 Å². The number of hydrogen-bond donors (Lipinski definition) is 0. The zero-order valence-electron chi connectivity index (χ0n) is 25.3. The summed E-state index contributed by atoms with van der Waals surface area (Å²) in [5.74, 6) is 0.853. The van der Waals surface area contributed by atoms with Gasteiger partial charge in [0.2, 0.25) is 0 Å². The summed E-state index contributed by atoms with van der Waals surface area (Å²) in [7, 11) is -2.53. The molecule has 5 aromatic carbocycles. The van der Waals surface area contributed by atoms with Gasteiger partial charge < -0.3 is 0 Å². The molecule has 43 heavy (non-hydrogen) atoms. The van der Waals surface area contributed by atoms with E-state index in [0.717, 1.165) is 41.3 Å². The topological polar surface area (TPSA) is 17.1 Å². The van der Waals surface area contributed by atoms with Gasteiger partial charge in [-0.15, -0.1) is 0 Å². The van der Waals surface area contributed by atoms with E-state index in [9.17, 15) is 0 Å². The summed E-state index contributed by atoms with van der Waals surface area (Å²) >= 11 is 6.78. The second-order valence-electron chi connectivity index (χ2n) is 14.1. The molecule has 5 aromatic rings. The Hall–Kier alpha value is -3.46. The molecule has 1 atom stereocenters. The van der Waals surface area contributed by atoms with Crippen molar-refractivity contribution in [2.75, 3.05) is 0 Å². The molecule has 3 aliphatic rings. The van der Waals surface area contributed by atoms with Gasteiger partial charge in [0.05, 0.1) is 0 Å². The maximum Gasteiger partial charge on any atom is 0.169 e. The number of rotatable bonds is 7. The second kappa shape index (κ2) is 10.3. The fraction of sp³-hybridized carbons (Fsp3) is 0.275. The summed E-state index contributed by atoms with van der Waals surface area (Å²) in [4.78, 5) is 15.1. The third-order valence-corrected chi connectivity index (χ3v) is 17.6. The maximum absolute atomic E-state index is 15.1. The molecule has 3 heteroatoms. The van der Waals surface area contributed by atoms with Gasteiger partial charge in [-0.3, -0.25) is 4.79 Å². The second-order valence-corrected chi connectivity index (χ2v) is 19.4. The number of benzene rings is 5. The minimum atomic E-state index is -2.53. The molecule has 0 amide bonds. The molecule has 0 spiro atoms. The van der Waals surface area contributed by atoms with Crippen molar-refractivity contribution in [3.63, 3.8) is 0 Å². The fourth-order valence-electron chi connectivity index (χ4n) is 9.08. The molecule has 0 N–H and O–H groups in total. The highest BCUT2D eigenvalue weighted by molar-refractivity contribution is 7.04. The Labute approximate surface area is 261 Å². The van der Waals surface area contributed by atoms with Gasteiger partial charge >= 0.3 is 0 Å². The van der Waals surface area contributed by atoms with Crippen LogP contribution in [0.3, 0.4) is 0 Å². The van der Waals surface area contributed by atoms with Crippen LogP contribution in [0.25, 0.3) is 10.8 Å². The van der Waals surface area contributed by atoms with Crippen LogP contribution in [-0.4, -0.2) is 13.9 Å². The quantitative estimate of drug-likeness (QED) is 0.135. The van der Waals surface area contributed by atoms with Crippen molar-refractivity contribution in [3.05, 3.63) is 144 Å². The first-order chi connectivity index (χ1) is 20.7. The lowest BCUT2D eigenvalue weighted by atomic mass is 9.55. The van der Waals surface area contributed by atoms with Gasteiger partial charge in [0.15, 0.2) is 5.78 Å². The summed E-state index contributed by atoms with van der Waals surface area (Å²) in [5, 5.41) is 5.90. The zero-order valence-corrected chi connectivity index (χ0v) is 27.1. The Kier molecular flexibility index (Phi) is 6.80. The summed E-state index contributed by atoms with van der Waals surface area (Å²) in [5.41, 5.74) is 1.30. The average Bonchev–Trinajstić information content (AvgIpc) is 3.51. The van der Waals surface area contributed by atoms with Crippen molar-refractivity contribution in [2.24, 2.45) is 11.3 Å². The zero-order chi connectivity index (χ0) is 29.9. The molecule has 3 saturated carbocycles. The third kappa shape index (κ3) is 4.29. The molecule has 2 bridgehead atoms. The van der Waals surface area contributed by atoms with Crippen molar-refractivity contribution >= 4 is 46.6 Å². The molecular formula is C40H39ClOSi. The number of halogens is 1. The molecule has 3 aliphatic carbocycles. The Morgan fingerprint density at radius 3 is 1.93 bits per heavy atom. The fourth-order valence-corrected chi connectivity index (χ4v) is 15.4. The van der Waals surface area contributed by atoms with Crippen LogP contribution < -0.4 is 10.4 Å². The van der Waals surface area contributed by atoms with E-state index in [4.69, 9.17) is 11.6 Å². The van der Waals surface area contributed by atoms with Crippen molar-refractivity contribution in [1.29, 1.82) is 0 Å². The van der Waals surface area contributed by atoms with Crippen LogP contribution in [0.5, 0.6) is 0 Å². The Morgan fingerprint density at radius 1 is 0.721 bits per heavy atom. The molecule has 8 rings (SSSR count). The van der Waals surface area contributed by atoms with Crippen LogP contribution in [0.4, 0.5) is 0 Å². The first-order valence-corrected chi connectivity index (χ1v) is 18.2. The first-order valence-electron chi connectivity index (χ1n) is 15.6. The van der Waals surface area contributed by atoms with E-state index in [0.29, 0.717) is 11.7 Å². The number of fused-ring (bicyclic) bond motifs is 2. The highest BCUT2D eigenvalue weighted by Crippen LogP contribution is 2.73. The average molecular weight is 599 g/mol. The predicted octanol–water partition coefficient (Wildman–Crippen LogP) is 9.48. The number of carbonyl (C=O) groups excluding carboxylic acids is 1. The van der Waals surface area contributed by atoms with Crippen molar-refractivity contribution in [2.45, 2.75) is 56.5 Å². The number of carbonyl (C=O) groups is 1. The minimum absolute atomic E-state index is 0.0125. The minimum Gasteiger partial charge on any atom is -0.294 e. The molecule has 0 aromatic heterocycles. The van der Waals surface area contributed by atoms with Crippen molar-refractivity contribution in [3.8, 4) is 0 Å². The lowest BCUT2D eigenvalue weighted by Gasteiger charge is -2.54. The van der Waals surface area contributed by atoms with E-state index in [1.807, 2.05) is 6.07 Å². The summed E-state index contributed by atoms with van der Waals surface area (Å²) in [6.45, 7) is 7.30. The number of Topliss-reactive ketones (excluding diaryl/α,β-unsaturated/α-hetero) is 1. The summed E-state index contributed by atoms with van der Waals surface area (Å²) in [6.07, 6.45) is 2.92. The standard InChI is InChI=1S/C40H39ClOSi/c1-38(2,3)43(35-17-6-4-7-18-35,36-19-8-5-9-20-36)28-40(33-15-12-16-34(41)24-33)27-29-25-39(40,26-29)37(42)32-22-21-30-13-10-11-14-31(30)23-32/h4-24,29H,25-28H2,1-3H3/t29?,39?,40-/m0/s1. The summed E-state index contributed by atoms with van der Waals surface area (Å²) in [6, 6.07) is 46.6. The first kappa shape index (κ1) is 28.3. The van der Waals surface area contributed by atoms with Gasteiger partial charge in [0.1, 0.15) is 8.07 Å². The van der Waals surface area contributed by atoms with E-state index < -0.39 is 13.5 Å². The molecule has 1 nitrogen and oxygen atoms in total. The normalized spacial score (nSPS) is 23.2. The van der Waals surface area contributed by atoms with Gasteiger partial charge in [-0.2, -0.15) is 0 Å². The van der Waals surface area contributed by atoms with Gasteiger partial charge in [-0.1, -0.05) is 152 Å².